The Hall–Kier alpha value is -1.31. The van der Waals surface area contributed by atoms with Crippen LogP contribution < -0.4 is 5.32 Å². The summed E-state index contributed by atoms with van der Waals surface area (Å²) in [5, 5.41) is 3.51. The minimum Gasteiger partial charge on any atom is -0.343 e. The first-order valence-electron chi connectivity index (χ1n) is 6.83. The Balaban J connectivity index is 1.93. The van der Waals surface area contributed by atoms with Gasteiger partial charge in [-0.1, -0.05) is 34.0 Å². The summed E-state index contributed by atoms with van der Waals surface area (Å²) in [7, 11) is 0. The van der Waals surface area contributed by atoms with E-state index < -0.39 is 0 Å². The summed E-state index contributed by atoms with van der Waals surface area (Å²) < 4.78 is 1.05. The smallest absolute Gasteiger partial charge is 0.219 e. The number of amides is 1. The third-order valence-corrected chi connectivity index (χ3v) is 4.24. The molecule has 1 N–H and O–H groups in total. The molecule has 0 aromatic heterocycles. The highest BCUT2D eigenvalue weighted by molar-refractivity contribution is 9.10. The van der Waals surface area contributed by atoms with Crippen molar-refractivity contribution in [1.29, 1.82) is 0 Å². The summed E-state index contributed by atoms with van der Waals surface area (Å²) in [5.41, 5.74) is 1.10. The van der Waals surface area contributed by atoms with Gasteiger partial charge in [-0.3, -0.25) is 10.1 Å². The van der Waals surface area contributed by atoms with Crippen molar-refractivity contribution in [2.45, 2.75) is 31.8 Å². The highest BCUT2D eigenvalue weighted by atomic mass is 79.9. The Kier molecular flexibility index (Phi) is 5.22. The molecule has 3 nitrogen and oxygen atoms in total. The van der Waals surface area contributed by atoms with Crippen LogP contribution in [0.25, 0.3) is 0 Å². The summed E-state index contributed by atoms with van der Waals surface area (Å²) in [6.07, 6.45) is 7.55. The van der Waals surface area contributed by atoms with E-state index in [9.17, 15) is 4.79 Å². The second-order valence-corrected chi connectivity index (χ2v) is 6.01. The van der Waals surface area contributed by atoms with E-state index in [1.54, 1.807) is 6.92 Å². The molecule has 20 heavy (non-hydrogen) atoms. The topological polar surface area (TPSA) is 32.3 Å². The first-order chi connectivity index (χ1) is 9.60. The molecule has 106 valence electrons. The summed E-state index contributed by atoms with van der Waals surface area (Å²) in [4.78, 5) is 13.2. The lowest BCUT2D eigenvalue weighted by Crippen LogP contribution is -2.45. The number of hydrogen-bond acceptors (Lipinski definition) is 2. The van der Waals surface area contributed by atoms with E-state index in [0.717, 1.165) is 36.0 Å². The van der Waals surface area contributed by atoms with Crippen molar-refractivity contribution in [3.8, 4) is 12.3 Å². The zero-order valence-corrected chi connectivity index (χ0v) is 13.2. The monoisotopic (exact) mass is 334 g/mol. The van der Waals surface area contributed by atoms with Gasteiger partial charge in [0.2, 0.25) is 5.91 Å². The summed E-state index contributed by atoms with van der Waals surface area (Å²) in [5.74, 6) is 2.97. The van der Waals surface area contributed by atoms with E-state index in [2.05, 4.69) is 27.2 Å². The zero-order chi connectivity index (χ0) is 14.5. The fraction of sp³-hybridized carbons (Fsp3) is 0.438. The molecular weight excluding hydrogens is 316 g/mol. The molecule has 1 amide bonds. The van der Waals surface area contributed by atoms with Gasteiger partial charge < -0.3 is 4.90 Å². The number of likely N-dealkylation sites (tertiary alicyclic amines) is 1. The van der Waals surface area contributed by atoms with Crippen molar-refractivity contribution in [1.82, 2.24) is 10.2 Å². The van der Waals surface area contributed by atoms with Crippen LogP contribution in [0.15, 0.2) is 28.7 Å². The van der Waals surface area contributed by atoms with Crippen molar-refractivity contribution < 1.29 is 4.79 Å². The van der Waals surface area contributed by atoms with Gasteiger partial charge in [-0.2, -0.15) is 0 Å². The number of benzene rings is 1. The van der Waals surface area contributed by atoms with Gasteiger partial charge in [0.15, 0.2) is 0 Å². The third-order valence-electron chi connectivity index (χ3n) is 3.71. The molecule has 0 aliphatic carbocycles. The van der Waals surface area contributed by atoms with Gasteiger partial charge in [-0.25, -0.2) is 0 Å². The molecule has 0 spiro atoms. The average molecular weight is 335 g/mol. The Morgan fingerprint density at radius 2 is 2.00 bits per heavy atom. The highest BCUT2D eigenvalue weighted by Gasteiger charge is 2.22. The van der Waals surface area contributed by atoms with E-state index in [1.807, 2.05) is 29.2 Å². The number of carbonyl (C=O) groups excluding carboxylic acids is 1. The number of nitrogens with one attached hydrogen (secondary N) is 1. The van der Waals surface area contributed by atoms with Gasteiger partial charge in [0.05, 0.1) is 6.04 Å². The molecule has 1 aliphatic heterocycles. The van der Waals surface area contributed by atoms with Crippen LogP contribution in [0.3, 0.4) is 0 Å². The van der Waals surface area contributed by atoms with Gasteiger partial charge in [-0.05, 0) is 30.5 Å². The fourth-order valence-electron chi connectivity index (χ4n) is 2.49. The summed E-state index contributed by atoms with van der Waals surface area (Å²) in [6, 6.07) is 8.37. The third kappa shape index (κ3) is 3.84. The molecule has 0 radical (unpaired) electrons. The lowest BCUT2D eigenvalue weighted by atomic mass is 10.0. The van der Waals surface area contributed by atoms with Crippen LogP contribution in [0.2, 0.25) is 0 Å². The maximum atomic E-state index is 11.3. The normalized spacial score (nSPS) is 17.6. The molecule has 1 heterocycles. The zero-order valence-electron chi connectivity index (χ0n) is 11.6. The largest absolute Gasteiger partial charge is 0.343 e. The van der Waals surface area contributed by atoms with Gasteiger partial charge in [0, 0.05) is 30.5 Å². The lowest BCUT2D eigenvalue weighted by molar-refractivity contribution is -0.129. The van der Waals surface area contributed by atoms with E-state index >= 15 is 0 Å². The Morgan fingerprint density at radius 1 is 1.40 bits per heavy atom. The molecule has 1 aliphatic rings. The molecule has 1 aromatic rings. The predicted molar refractivity (Wildman–Crippen MR) is 84.1 cm³/mol. The number of terminal acetylenes is 1. The average Bonchev–Trinajstić information content (AvgIpc) is 2.46. The van der Waals surface area contributed by atoms with E-state index in [4.69, 9.17) is 6.42 Å². The quantitative estimate of drug-likeness (QED) is 0.862. The SMILES string of the molecule is C#CC(NC1CCN(C(C)=O)CC1)c1ccc(Br)cc1. The Labute approximate surface area is 128 Å². The predicted octanol–water partition coefficient (Wildman–Crippen LogP) is 2.72. The van der Waals surface area contributed by atoms with Crippen LogP contribution in [0.4, 0.5) is 0 Å². The van der Waals surface area contributed by atoms with Crippen LogP contribution in [-0.4, -0.2) is 29.9 Å². The number of hydrogen-bond donors (Lipinski definition) is 1. The van der Waals surface area contributed by atoms with Crippen LogP contribution in [0, 0.1) is 12.3 Å². The molecule has 1 atom stereocenters. The van der Waals surface area contributed by atoms with Gasteiger partial charge in [-0.15, -0.1) is 6.42 Å². The van der Waals surface area contributed by atoms with Gasteiger partial charge >= 0.3 is 0 Å². The molecule has 2 rings (SSSR count). The number of piperidine rings is 1. The molecule has 1 fully saturated rings. The molecular formula is C16H19BrN2O. The number of rotatable bonds is 3. The van der Waals surface area contributed by atoms with Crippen molar-refractivity contribution in [2.24, 2.45) is 0 Å². The summed E-state index contributed by atoms with van der Waals surface area (Å²) >= 11 is 3.43. The minimum absolute atomic E-state index is 0.0722. The molecule has 0 bridgehead atoms. The van der Waals surface area contributed by atoms with Gasteiger partial charge in [0.1, 0.15) is 0 Å². The van der Waals surface area contributed by atoms with Crippen LogP contribution in [0.5, 0.6) is 0 Å². The van der Waals surface area contributed by atoms with Crippen molar-refractivity contribution in [2.75, 3.05) is 13.1 Å². The van der Waals surface area contributed by atoms with Crippen molar-refractivity contribution in [3.63, 3.8) is 0 Å². The molecule has 1 saturated heterocycles. The van der Waals surface area contributed by atoms with Crippen LogP contribution in [0.1, 0.15) is 31.4 Å². The van der Waals surface area contributed by atoms with E-state index in [0.29, 0.717) is 6.04 Å². The van der Waals surface area contributed by atoms with E-state index in [-0.39, 0.29) is 11.9 Å². The van der Waals surface area contributed by atoms with E-state index in [1.165, 1.54) is 0 Å². The Morgan fingerprint density at radius 3 is 2.50 bits per heavy atom. The second kappa shape index (κ2) is 6.92. The fourth-order valence-corrected chi connectivity index (χ4v) is 2.76. The van der Waals surface area contributed by atoms with Crippen LogP contribution in [-0.2, 0) is 4.79 Å². The first kappa shape index (κ1) is 15.1. The highest BCUT2D eigenvalue weighted by Crippen LogP contribution is 2.19. The second-order valence-electron chi connectivity index (χ2n) is 5.10. The number of nitrogens with zero attached hydrogens (tertiary/aromatic N) is 1. The van der Waals surface area contributed by atoms with Crippen molar-refractivity contribution in [3.05, 3.63) is 34.3 Å². The Bertz CT molecular complexity index is 498. The maximum Gasteiger partial charge on any atom is 0.219 e. The first-order valence-corrected chi connectivity index (χ1v) is 7.62. The minimum atomic E-state index is -0.0722. The number of halogens is 1. The molecule has 0 saturated carbocycles. The standard InChI is InChI=1S/C16H19BrN2O/c1-3-16(13-4-6-14(17)7-5-13)18-15-8-10-19(11-9-15)12(2)20/h1,4-7,15-16,18H,8-11H2,2H3. The van der Waals surface area contributed by atoms with Gasteiger partial charge in [0.25, 0.3) is 0 Å². The number of carbonyl (C=O) groups is 1. The molecule has 1 unspecified atom stereocenters. The molecule has 4 heteroatoms. The molecule has 1 aromatic carbocycles. The maximum absolute atomic E-state index is 11.3. The van der Waals surface area contributed by atoms with Crippen LogP contribution >= 0.6 is 15.9 Å². The summed E-state index contributed by atoms with van der Waals surface area (Å²) in [6.45, 7) is 3.25. The lowest BCUT2D eigenvalue weighted by Gasteiger charge is -2.33. The van der Waals surface area contributed by atoms with Crippen molar-refractivity contribution >= 4 is 21.8 Å².